The van der Waals surface area contributed by atoms with Crippen LogP contribution in [0.4, 0.5) is 0 Å². The normalized spacial score (nSPS) is 16.6. The lowest BCUT2D eigenvalue weighted by molar-refractivity contribution is -0.134. The van der Waals surface area contributed by atoms with Gasteiger partial charge in [-0.05, 0) is 36.2 Å². The number of ether oxygens (including phenoxy) is 1. The minimum Gasteiger partial charge on any atom is -0.497 e. The Balaban J connectivity index is 1.85. The van der Waals surface area contributed by atoms with Gasteiger partial charge in [-0.2, -0.15) is 0 Å². The molecule has 25 heavy (non-hydrogen) atoms. The van der Waals surface area contributed by atoms with Crippen LogP contribution in [0.5, 0.6) is 5.75 Å². The Morgan fingerprint density at radius 2 is 2.04 bits per heavy atom. The highest BCUT2D eigenvalue weighted by Gasteiger charge is 2.31. The van der Waals surface area contributed by atoms with Crippen LogP contribution >= 0.6 is 0 Å². The van der Waals surface area contributed by atoms with E-state index in [-0.39, 0.29) is 11.9 Å². The van der Waals surface area contributed by atoms with Crippen LogP contribution in [-0.2, 0) is 11.3 Å². The summed E-state index contributed by atoms with van der Waals surface area (Å²) >= 11 is 0. The van der Waals surface area contributed by atoms with E-state index in [1.54, 1.807) is 7.11 Å². The van der Waals surface area contributed by atoms with Gasteiger partial charge in [0.25, 0.3) is 0 Å². The summed E-state index contributed by atoms with van der Waals surface area (Å²) in [6, 6.07) is 12.2. The number of carbonyl (C=O) groups excluding carboxylic acids is 1. The van der Waals surface area contributed by atoms with Gasteiger partial charge < -0.3 is 14.2 Å². The summed E-state index contributed by atoms with van der Waals surface area (Å²) in [6.07, 6.45) is 7.26. The maximum Gasteiger partial charge on any atom is 0.223 e. The molecule has 0 spiro atoms. The third-order valence-electron chi connectivity index (χ3n) is 5.01. The van der Waals surface area contributed by atoms with E-state index in [2.05, 4.69) is 40.8 Å². The molecule has 0 saturated heterocycles. The van der Waals surface area contributed by atoms with Gasteiger partial charge in [-0.15, -0.1) is 0 Å². The van der Waals surface area contributed by atoms with E-state index in [4.69, 9.17) is 4.74 Å². The second kappa shape index (κ2) is 8.24. The summed E-state index contributed by atoms with van der Waals surface area (Å²) in [5, 5.41) is 0. The molecule has 4 heteroatoms. The van der Waals surface area contributed by atoms with Crippen molar-refractivity contribution < 1.29 is 9.53 Å². The number of hydrogen-bond donors (Lipinski definition) is 0. The summed E-state index contributed by atoms with van der Waals surface area (Å²) in [5.74, 6) is 1.09. The highest BCUT2D eigenvalue weighted by Crippen LogP contribution is 2.34. The smallest absolute Gasteiger partial charge is 0.223 e. The van der Waals surface area contributed by atoms with E-state index in [0.717, 1.165) is 37.2 Å². The van der Waals surface area contributed by atoms with E-state index in [1.165, 1.54) is 18.5 Å². The second-order valence-electron chi connectivity index (χ2n) is 6.70. The summed E-state index contributed by atoms with van der Waals surface area (Å²) in [5.41, 5.74) is 2.29. The molecule has 1 unspecified atom stereocenters. The molecule has 134 valence electrons. The molecule has 4 nitrogen and oxygen atoms in total. The molecule has 1 aliphatic heterocycles. The molecule has 3 rings (SSSR count). The first-order chi connectivity index (χ1) is 12.2. The van der Waals surface area contributed by atoms with Gasteiger partial charge >= 0.3 is 0 Å². The third-order valence-corrected chi connectivity index (χ3v) is 5.01. The largest absolute Gasteiger partial charge is 0.497 e. The molecule has 1 aromatic heterocycles. The summed E-state index contributed by atoms with van der Waals surface area (Å²) in [6.45, 7) is 3.82. The topological polar surface area (TPSA) is 34.5 Å². The van der Waals surface area contributed by atoms with Crippen molar-refractivity contribution in [2.45, 2.75) is 51.6 Å². The SMILES string of the molecule is CCCCCCC(=O)N1CCn2cccc2C1c1cccc(OC)c1. The average molecular weight is 340 g/mol. The lowest BCUT2D eigenvalue weighted by atomic mass is 9.98. The van der Waals surface area contributed by atoms with E-state index in [0.29, 0.717) is 6.42 Å². The summed E-state index contributed by atoms with van der Waals surface area (Å²) < 4.78 is 7.65. The van der Waals surface area contributed by atoms with Crippen LogP contribution in [0.25, 0.3) is 0 Å². The zero-order chi connectivity index (χ0) is 17.6. The number of methoxy groups -OCH3 is 1. The molecule has 1 aliphatic rings. The summed E-state index contributed by atoms with van der Waals surface area (Å²) in [4.78, 5) is 15.0. The third kappa shape index (κ3) is 3.89. The fourth-order valence-electron chi connectivity index (χ4n) is 3.66. The Bertz CT molecular complexity index is 707. The second-order valence-corrected chi connectivity index (χ2v) is 6.70. The molecule has 0 radical (unpaired) electrons. The highest BCUT2D eigenvalue weighted by molar-refractivity contribution is 5.77. The fourth-order valence-corrected chi connectivity index (χ4v) is 3.66. The van der Waals surface area contributed by atoms with Crippen molar-refractivity contribution in [3.63, 3.8) is 0 Å². The van der Waals surface area contributed by atoms with Crippen molar-refractivity contribution in [3.05, 3.63) is 53.9 Å². The minimum absolute atomic E-state index is 0.0301. The zero-order valence-electron chi connectivity index (χ0n) is 15.3. The quantitative estimate of drug-likeness (QED) is 0.700. The number of carbonyl (C=O) groups is 1. The van der Waals surface area contributed by atoms with E-state index in [1.807, 2.05) is 18.2 Å². The molecule has 0 fully saturated rings. The number of rotatable bonds is 7. The van der Waals surface area contributed by atoms with Crippen LogP contribution < -0.4 is 4.74 Å². The molecule has 1 atom stereocenters. The first kappa shape index (κ1) is 17.6. The highest BCUT2D eigenvalue weighted by atomic mass is 16.5. The average Bonchev–Trinajstić information content (AvgIpc) is 3.13. The van der Waals surface area contributed by atoms with Crippen molar-refractivity contribution in [2.24, 2.45) is 0 Å². The van der Waals surface area contributed by atoms with Crippen molar-refractivity contribution in [1.29, 1.82) is 0 Å². The first-order valence-corrected chi connectivity index (χ1v) is 9.33. The molecule has 2 aromatic rings. The van der Waals surface area contributed by atoms with Crippen molar-refractivity contribution in [3.8, 4) is 5.75 Å². The number of amides is 1. The van der Waals surface area contributed by atoms with Gasteiger partial charge in [0.05, 0.1) is 13.2 Å². The van der Waals surface area contributed by atoms with E-state index >= 15 is 0 Å². The Morgan fingerprint density at radius 3 is 2.84 bits per heavy atom. The molecule has 0 saturated carbocycles. The molecular formula is C21H28N2O2. The van der Waals surface area contributed by atoms with Crippen LogP contribution in [0.15, 0.2) is 42.6 Å². The number of unbranched alkanes of at least 4 members (excludes halogenated alkanes) is 3. The van der Waals surface area contributed by atoms with Gasteiger partial charge in [0.15, 0.2) is 0 Å². The van der Waals surface area contributed by atoms with Crippen molar-refractivity contribution in [1.82, 2.24) is 9.47 Å². The Hall–Kier alpha value is -2.23. The molecule has 0 N–H and O–H groups in total. The maximum atomic E-state index is 12.9. The number of hydrogen-bond acceptors (Lipinski definition) is 2. The van der Waals surface area contributed by atoms with Gasteiger partial charge in [0.1, 0.15) is 5.75 Å². The Kier molecular flexibility index (Phi) is 5.79. The Labute approximate surface area is 150 Å². The van der Waals surface area contributed by atoms with Crippen LogP contribution in [-0.4, -0.2) is 29.0 Å². The lowest BCUT2D eigenvalue weighted by Crippen LogP contribution is -2.42. The number of nitrogens with zero attached hydrogens (tertiary/aromatic N) is 2. The maximum absolute atomic E-state index is 12.9. The lowest BCUT2D eigenvalue weighted by Gasteiger charge is -2.37. The van der Waals surface area contributed by atoms with Crippen molar-refractivity contribution >= 4 is 5.91 Å². The van der Waals surface area contributed by atoms with Crippen LogP contribution in [0.3, 0.4) is 0 Å². The first-order valence-electron chi connectivity index (χ1n) is 9.33. The van der Waals surface area contributed by atoms with E-state index < -0.39 is 0 Å². The molecule has 1 aromatic carbocycles. The predicted molar refractivity (Wildman–Crippen MR) is 99.7 cm³/mol. The molecule has 2 heterocycles. The molecule has 1 amide bonds. The van der Waals surface area contributed by atoms with Gasteiger partial charge in [0, 0.05) is 31.4 Å². The standard InChI is InChI=1S/C21H28N2O2/c1-3-4-5-6-12-20(24)23-15-14-22-13-8-11-19(22)21(23)17-9-7-10-18(16-17)25-2/h7-11,13,16,21H,3-6,12,14-15H2,1-2H3. The summed E-state index contributed by atoms with van der Waals surface area (Å²) in [7, 11) is 1.68. The minimum atomic E-state index is -0.0301. The van der Waals surface area contributed by atoms with Crippen molar-refractivity contribution in [2.75, 3.05) is 13.7 Å². The molecular weight excluding hydrogens is 312 g/mol. The predicted octanol–water partition coefficient (Wildman–Crippen LogP) is 4.40. The molecule has 0 aliphatic carbocycles. The van der Waals surface area contributed by atoms with Crippen LogP contribution in [0.1, 0.15) is 56.3 Å². The van der Waals surface area contributed by atoms with Gasteiger partial charge in [0.2, 0.25) is 5.91 Å². The van der Waals surface area contributed by atoms with E-state index in [9.17, 15) is 4.79 Å². The number of benzene rings is 1. The fraction of sp³-hybridized carbons (Fsp3) is 0.476. The van der Waals surface area contributed by atoms with Gasteiger partial charge in [-0.25, -0.2) is 0 Å². The molecule has 0 bridgehead atoms. The monoisotopic (exact) mass is 340 g/mol. The van der Waals surface area contributed by atoms with Gasteiger partial charge in [-0.1, -0.05) is 38.3 Å². The Morgan fingerprint density at radius 1 is 1.16 bits per heavy atom. The number of fused-ring (bicyclic) bond motifs is 1. The van der Waals surface area contributed by atoms with Crippen LogP contribution in [0.2, 0.25) is 0 Å². The van der Waals surface area contributed by atoms with Gasteiger partial charge in [-0.3, -0.25) is 4.79 Å². The van der Waals surface area contributed by atoms with Crippen LogP contribution in [0, 0.1) is 0 Å². The zero-order valence-corrected chi connectivity index (χ0v) is 15.3. The number of aromatic nitrogens is 1.